The maximum Gasteiger partial charge on any atom is 0.233 e. The Bertz CT molecular complexity index is 916. The van der Waals surface area contributed by atoms with Gasteiger partial charge in [-0.2, -0.15) is 0 Å². The second-order valence-corrected chi connectivity index (χ2v) is 7.17. The molecule has 6 nitrogen and oxygen atoms in total. The van der Waals surface area contributed by atoms with E-state index < -0.39 is 0 Å². The van der Waals surface area contributed by atoms with E-state index in [0.717, 1.165) is 33.6 Å². The largest absolute Gasteiger partial charge is 0.464 e. The third-order valence-electron chi connectivity index (χ3n) is 4.16. The number of thioether (sulfide) groups is 1. The lowest BCUT2D eigenvalue weighted by molar-refractivity contribution is -0.127. The van der Waals surface area contributed by atoms with Crippen LogP contribution in [0.5, 0.6) is 0 Å². The molecule has 0 aliphatic rings. The van der Waals surface area contributed by atoms with E-state index in [1.165, 1.54) is 11.8 Å². The Morgan fingerprint density at radius 2 is 1.96 bits per heavy atom. The Morgan fingerprint density at radius 1 is 1.19 bits per heavy atom. The average Bonchev–Trinajstić information content (AvgIpc) is 3.19. The lowest BCUT2D eigenvalue weighted by Gasteiger charge is -2.15. The van der Waals surface area contributed by atoms with E-state index in [1.54, 1.807) is 11.9 Å². The lowest BCUT2D eigenvalue weighted by atomic mass is 10.1. The Kier molecular flexibility index (Phi) is 5.46. The number of rotatable bonds is 6. The van der Waals surface area contributed by atoms with Crippen LogP contribution in [0.3, 0.4) is 0 Å². The molecule has 0 aliphatic heterocycles. The molecule has 0 bridgehead atoms. The van der Waals surface area contributed by atoms with Crippen molar-refractivity contribution in [2.45, 2.75) is 25.5 Å². The third-order valence-corrected chi connectivity index (χ3v) is 5.17. The SMILES string of the molecule is Cc1ccc(CN(C)C(=O)CSc2nnc(-c3ccccc3C)n2C)o1. The first-order valence-electron chi connectivity index (χ1n) is 8.33. The molecule has 0 N–H and O–H groups in total. The fourth-order valence-corrected chi connectivity index (χ4v) is 3.48. The minimum atomic E-state index is 0.0181. The molecule has 0 saturated carbocycles. The van der Waals surface area contributed by atoms with E-state index in [4.69, 9.17) is 4.42 Å². The Balaban J connectivity index is 1.63. The van der Waals surface area contributed by atoms with E-state index in [2.05, 4.69) is 10.2 Å². The summed E-state index contributed by atoms with van der Waals surface area (Å²) in [5, 5.41) is 9.25. The van der Waals surface area contributed by atoms with Crippen molar-refractivity contribution >= 4 is 17.7 Å². The first-order valence-corrected chi connectivity index (χ1v) is 9.31. The van der Waals surface area contributed by atoms with Crippen LogP contribution in [-0.2, 0) is 18.4 Å². The molecular formula is C19H22N4O2S. The zero-order valence-corrected chi connectivity index (χ0v) is 16.2. The number of benzene rings is 1. The number of furan rings is 1. The minimum absolute atomic E-state index is 0.0181. The Morgan fingerprint density at radius 3 is 2.65 bits per heavy atom. The average molecular weight is 370 g/mol. The van der Waals surface area contributed by atoms with Crippen molar-refractivity contribution in [1.29, 1.82) is 0 Å². The van der Waals surface area contributed by atoms with E-state index >= 15 is 0 Å². The highest BCUT2D eigenvalue weighted by Crippen LogP contribution is 2.25. The number of carbonyl (C=O) groups excluding carboxylic acids is 1. The number of nitrogens with zero attached hydrogens (tertiary/aromatic N) is 4. The van der Waals surface area contributed by atoms with Gasteiger partial charge in [-0.1, -0.05) is 36.0 Å². The Hall–Kier alpha value is -2.54. The van der Waals surface area contributed by atoms with Gasteiger partial charge < -0.3 is 13.9 Å². The van der Waals surface area contributed by atoms with E-state index in [0.29, 0.717) is 12.3 Å². The highest BCUT2D eigenvalue weighted by atomic mass is 32.2. The second kappa shape index (κ2) is 7.78. The van der Waals surface area contributed by atoms with Crippen molar-refractivity contribution in [2.24, 2.45) is 7.05 Å². The topological polar surface area (TPSA) is 64.2 Å². The second-order valence-electron chi connectivity index (χ2n) is 6.23. The molecule has 3 aromatic rings. The number of amides is 1. The molecule has 26 heavy (non-hydrogen) atoms. The predicted octanol–water partition coefficient (Wildman–Crippen LogP) is 3.44. The Labute approximate surface area is 157 Å². The fraction of sp³-hybridized carbons (Fsp3) is 0.316. The van der Waals surface area contributed by atoms with Gasteiger partial charge in [-0.05, 0) is 31.5 Å². The van der Waals surface area contributed by atoms with Crippen LogP contribution in [0.15, 0.2) is 46.0 Å². The standard InChI is InChI=1S/C19H22N4O2S/c1-13-7-5-6-8-16(13)18-20-21-19(23(18)4)26-12-17(24)22(3)11-15-10-9-14(2)25-15/h5-10H,11-12H2,1-4H3. The van der Waals surface area contributed by atoms with Gasteiger partial charge >= 0.3 is 0 Å². The van der Waals surface area contributed by atoms with Crippen molar-refractivity contribution in [2.75, 3.05) is 12.8 Å². The summed E-state index contributed by atoms with van der Waals surface area (Å²) in [7, 11) is 3.69. The van der Waals surface area contributed by atoms with Crippen molar-refractivity contribution in [1.82, 2.24) is 19.7 Å². The van der Waals surface area contributed by atoms with E-state index in [9.17, 15) is 4.79 Å². The third kappa shape index (κ3) is 3.99. The van der Waals surface area contributed by atoms with Crippen molar-refractivity contribution in [3.05, 3.63) is 53.5 Å². The van der Waals surface area contributed by atoms with Crippen LogP contribution in [0.2, 0.25) is 0 Å². The van der Waals surface area contributed by atoms with Crippen LogP contribution >= 0.6 is 11.8 Å². The number of aryl methyl sites for hydroxylation is 2. The minimum Gasteiger partial charge on any atom is -0.464 e. The molecule has 0 radical (unpaired) electrons. The molecule has 7 heteroatoms. The maximum absolute atomic E-state index is 12.4. The highest BCUT2D eigenvalue weighted by molar-refractivity contribution is 7.99. The van der Waals surface area contributed by atoms with Gasteiger partial charge in [0.1, 0.15) is 11.5 Å². The lowest BCUT2D eigenvalue weighted by Crippen LogP contribution is -2.27. The van der Waals surface area contributed by atoms with Gasteiger partial charge in [-0.3, -0.25) is 4.79 Å². The number of aromatic nitrogens is 3. The molecule has 0 atom stereocenters. The molecular weight excluding hydrogens is 348 g/mol. The summed E-state index contributed by atoms with van der Waals surface area (Å²) >= 11 is 1.39. The monoisotopic (exact) mass is 370 g/mol. The number of carbonyl (C=O) groups is 1. The molecule has 1 amide bonds. The van der Waals surface area contributed by atoms with E-state index in [-0.39, 0.29) is 5.91 Å². The van der Waals surface area contributed by atoms with E-state index in [1.807, 2.05) is 61.9 Å². The summed E-state index contributed by atoms with van der Waals surface area (Å²) < 4.78 is 7.45. The summed E-state index contributed by atoms with van der Waals surface area (Å²) in [4.78, 5) is 14.0. The summed E-state index contributed by atoms with van der Waals surface area (Å²) in [6, 6.07) is 11.8. The van der Waals surface area contributed by atoms with Crippen LogP contribution in [0.4, 0.5) is 0 Å². The van der Waals surface area contributed by atoms with Gasteiger partial charge in [-0.15, -0.1) is 10.2 Å². The molecule has 0 spiro atoms. The van der Waals surface area contributed by atoms with Gasteiger partial charge in [0.05, 0.1) is 12.3 Å². The number of hydrogen-bond donors (Lipinski definition) is 0. The van der Waals surface area contributed by atoms with Crippen LogP contribution in [0.25, 0.3) is 11.4 Å². The molecule has 3 rings (SSSR count). The fourth-order valence-electron chi connectivity index (χ4n) is 2.63. The van der Waals surface area contributed by atoms with Crippen LogP contribution < -0.4 is 0 Å². The maximum atomic E-state index is 12.4. The zero-order valence-electron chi connectivity index (χ0n) is 15.4. The molecule has 0 saturated heterocycles. The van der Waals surface area contributed by atoms with Crippen molar-refractivity contribution in [3.8, 4) is 11.4 Å². The van der Waals surface area contributed by atoms with Gasteiger partial charge in [-0.25, -0.2) is 0 Å². The van der Waals surface area contributed by atoms with Crippen LogP contribution in [0, 0.1) is 13.8 Å². The van der Waals surface area contributed by atoms with Crippen molar-refractivity contribution < 1.29 is 9.21 Å². The highest BCUT2D eigenvalue weighted by Gasteiger charge is 2.16. The number of hydrogen-bond acceptors (Lipinski definition) is 5. The summed E-state index contributed by atoms with van der Waals surface area (Å²) in [6.07, 6.45) is 0. The van der Waals surface area contributed by atoms with Gasteiger partial charge in [0.15, 0.2) is 11.0 Å². The summed E-state index contributed by atoms with van der Waals surface area (Å²) in [6.45, 7) is 4.40. The smallest absolute Gasteiger partial charge is 0.233 e. The first-order chi connectivity index (χ1) is 12.5. The molecule has 136 valence electrons. The van der Waals surface area contributed by atoms with Crippen molar-refractivity contribution in [3.63, 3.8) is 0 Å². The van der Waals surface area contributed by atoms with Gasteiger partial charge in [0, 0.05) is 19.7 Å². The quantitative estimate of drug-likeness (QED) is 0.622. The van der Waals surface area contributed by atoms with Crippen LogP contribution in [0.1, 0.15) is 17.1 Å². The molecule has 0 unspecified atom stereocenters. The molecule has 0 fully saturated rings. The molecule has 1 aromatic carbocycles. The molecule has 2 heterocycles. The van der Waals surface area contributed by atoms with Gasteiger partial charge in [0.2, 0.25) is 5.91 Å². The van der Waals surface area contributed by atoms with Crippen LogP contribution in [-0.4, -0.2) is 38.4 Å². The normalized spacial score (nSPS) is 10.9. The van der Waals surface area contributed by atoms with Gasteiger partial charge in [0.25, 0.3) is 0 Å². The molecule has 0 aliphatic carbocycles. The predicted molar refractivity (Wildman–Crippen MR) is 102 cm³/mol. The molecule has 2 aromatic heterocycles. The summed E-state index contributed by atoms with van der Waals surface area (Å²) in [5.74, 6) is 2.75. The first kappa shape index (κ1) is 18.3. The zero-order chi connectivity index (χ0) is 18.7. The summed E-state index contributed by atoms with van der Waals surface area (Å²) in [5.41, 5.74) is 2.19.